The first-order valence-corrected chi connectivity index (χ1v) is 5.60. The largest absolute Gasteiger partial charge is 0.475 e. The second-order valence-electron chi connectivity index (χ2n) is 3.96. The van der Waals surface area contributed by atoms with Crippen molar-refractivity contribution >= 4 is 5.97 Å². The predicted molar refractivity (Wildman–Crippen MR) is 61.5 cm³/mol. The maximum Gasteiger partial charge on any atom is 0.371 e. The fourth-order valence-corrected chi connectivity index (χ4v) is 1.86. The summed E-state index contributed by atoms with van der Waals surface area (Å²) < 4.78 is 5.21. The number of rotatable bonds is 6. The summed E-state index contributed by atoms with van der Waals surface area (Å²) in [6, 6.07) is 3.74. The first kappa shape index (κ1) is 12.8. The van der Waals surface area contributed by atoms with Crippen molar-refractivity contribution in [1.82, 2.24) is 4.90 Å². The van der Waals surface area contributed by atoms with Crippen molar-refractivity contribution in [2.24, 2.45) is 0 Å². The SMILES string of the molecule is CCC(CC)N(C)Cc1ccc(C(=O)O)o1. The molecule has 0 spiro atoms. The molecule has 1 N–H and O–H groups in total. The Morgan fingerprint density at radius 2 is 2.06 bits per heavy atom. The van der Waals surface area contributed by atoms with Gasteiger partial charge in [-0.15, -0.1) is 0 Å². The molecule has 0 fully saturated rings. The zero-order valence-electron chi connectivity index (χ0n) is 10.1. The lowest BCUT2D eigenvalue weighted by Gasteiger charge is -2.24. The molecule has 90 valence electrons. The van der Waals surface area contributed by atoms with Crippen LogP contribution in [0.25, 0.3) is 0 Å². The fraction of sp³-hybridized carbons (Fsp3) is 0.583. The van der Waals surface area contributed by atoms with E-state index in [-0.39, 0.29) is 5.76 Å². The zero-order chi connectivity index (χ0) is 12.1. The van der Waals surface area contributed by atoms with Gasteiger partial charge in [0.15, 0.2) is 0 Å². The number of hydrogen-bond acceptors (Lipinski definition) is 3. The molecule has 0 saturated carbocycles. The summed E-state index contributed by atoms with van der Waals surface area (Å²) in [4.78, 5) is 12.8. The van der Waals surface area contributed by atoms with Gasteiger partial charge in [0.05, 0.1) is 6.54 Å². The third-order valence-electron chi connectivity index (χ3n) is 2.84. The summed E-state index contributed by atoms with van der Waals surface area (Å²) in [7, 11) is 2.03. The first-order valence-electron chi connectivity index (χ1n) is 5.60. The molecule has 1 aromatic rings. The molecule has 0 amide bonds. The fourth-order valence-electron chi connectivity index (χ4n) is 1.86. The first-order chi connectivity index (χ1) is 7.58. The van der Waals surface area contributed by atoms with Crippen molar-refractivity contribution in [2.75, 3.05) is 7.05 Å². The summed E-state index contributed by atoms with van der Waals surface area (Å²) in [6.45, 7) is 4.95. The van der Waals surface area contributed by atoms with Crippen molar-refractivity contribution in [2.45, 2.75) is 39.3 Å². The van der Waals surface area contributed by atoms with Crippen LogP contribution in [0.4, 0.5) is 0 Å². The third kappa shape index (κ3) is 3.10. The van der Waals surface area contributed by atoms with Gasteiger partial charge in [-0.25, -0.2) is 4.79 Å². The summed E-state index contributed by atoms with van der Waals surface area (Å²) in [5.41, 5.74) is 0. The van der Waals surface area contributed by atoms with Crippen molar-refractivity contribution < 1.29 is 14.3 Å². The highest BCUT2D eigenvalue weighted by Gasteiger charge is 2.14. The highest BCUT2D eigenvalue weighted by molar-refractivity contribution is 5.84. The number of hydrogen-bond donors (Lipinski definition) is 1. The Balaban J connectivity index is 2.62. The van der Waals surface area contributed by atoms with E-state index in [0.717, 1.165) is 12.8 Å². The van der Waals surface area contributed by atoms with Crippen LogP contribution >= 0.6 is 0 Å². The lowest BCUT2D eigenvalue weighted by atomic mass is 10.1. The van der Waals surface area contributed by atoms with Gasteiger partial charge < -0.3 is 9.52 Å². The molecule has 0 aromatic carbocycles. The van der Waals surface area contributed by atoms with Crippen LogP contribution in [0, 0.1) is 0 Å². The average molecular weight is 225 g/mol. The minimum Gasteiger partial charge on any atom is -0.475 e. The normalized spacial score (nSPS) is 11.3. The monoisotopic (exact) mass is 225 g/mol. The highest BCUT2D eigenvalue weighted by Crippen LogP contribution is 2.14. The molecule has 0 aliphatic rings. The Hall–Kier alpha value is -1.29. The predicted octanol–water partition coefficient (Wildman–Crippen LogP) is 2.60. The van der Waals surface area contributed by atoms with E-state index in [9.17, 15) is 4.79 Å². The van der Waals surface area contributed by atoms with E-state index in [0.29, 0.717) is 18.3 Å². The summed E-state index contributed by atoms with van der Waals surface area (Å²) in [6.07, 6.45) is 2.17. The van der Waals surface area contributed by atoms with E-state index in [2.05, 4.69) is 18.7 Å². The van der Waals surface area contributed by atoms with Gasteiger partial charge >= 0.3 is 5.97 Å². The lowest BCUT2D eigenvalue weighted by Crippen LogP contribution is -2.29. The molecule has 0 unspecified atom stereocenters. The Morgan fingerprint density at radius 3 is 2.50 bits per heavy atom. The zero-order valence-corrected chi connectivity index (χ0v) is 10.1. The van der Waals surface area contributed by atoms with Crippen LogP contribution in [0.3, 0.4) is 0 Å². The molecule has 0 radical (unpaired) electrons. The second-order valence-corrected chi connectivity index (χ2v) is 3.96. The number of carboxylic acid groups (broad SMARTS) is 1. The molecule has 0 atom stereocenters. The molecule has 0 aliphatic heterocycles. The topological polar surface area (TPSA) is 53.7 Å². The number of nitrogens with zero attached hydrogens (tertiary/aromatic N) is 1. The maximum absolute atomic E-state index is 10.6. The van der Waals surface area contributed by atoms with Crippen LogP contribution in [-0.4, -0.2) is 29.1 Å². The molecule has 1 rings (SSSR count). The standard InChI is InChI=1S/C12H19NO3/c1-4-9(5-2)13(3)8-10-6-7-11(16-10)12(14)15/h6-7,9H,4-5,8H2,1-3H3,(H,14,15). The van der Waals surface area contributed by atoms with Crippen LogP contribution in [0.1, 0.15) is 43.0 Å². The Morgan fingerprint density at radius 1 is 1.44 bits per heavy atom. The molecule has 0 aliphatic carbocycles. The molecule has 0 saturated heterocycles. The second kappa shape index (κ2) is 5.70. The quantitative estimate of drug-likeness (QED) is 0.808. The lowest BCUT2D eigenvalue weighted by molar-refractivity contribution is 0.0658. The van der Waals surface area contributed by atoms with Crippen molar-refractivity contribution in [1.29, 1.82) is 0 Å². The van der Waals surface area contributed by atoms with Gasteiger partial charge in [-0.1, -0.05) is 13.8 Å². The molecule has 4 nitrogen and oxygen atoms in total. The molecule has 4 heteroatoms. The number of carboxylic acids is 1. The van der Waals surface area contributed by atoms with E-state index >= 15 is 0 Å². The van der Waals surface area contributed by atoms with Crippen LogP contribution in [0.5, 0.6) is 0 Å². The number of furan rings is 1. The van der Waals surface area contributed by atoms with Gasteiger partial charge in [-0.2, -0.15) is 0 Å². The Labute approximate surface area is 95.9 Å². The summed E-state index contributed by atoms with van der Waals surface area (Å²) in [5, 5.41) is 8.73. The molecule has 1 aromatic heterocycles. The van der Waals surface area contributed by atoms with Gasteiger partial charge in [0.2, 0.25) is 5.76 Å². The Bertz CT molecular complexity index is 342. The molecule has 1 heterocycles. The van der Waals surface area contributed by atoms with E-state index in [1.165, 1.54) is 6.07 Å². The maximum atomic E-state index is 10.6. The molecular weight excluding hydrogens is 206 g/mol. The number of carbonyl (C=O) groups is 1. The van der Waals surface area contributed by atoms with Gasteiger partial charge in [0.1, 0.15) is 5.76 Å². The molecule has 16 heavy (non-hydrogen) atoms. The van der Waals surface area contributed by atoms with Crippen molar-refractivity contribution in [3.05, 3.63) is 23.7 Å². The van der Waals surface area contributed by atoms with Gasteiger partial charge in [0, 0.05) is 6.04 Å². The minimum atomic E-state index is -1.02. The van der Waals surface area contributed by atoms with Crippen LogP contribution in [0.2, 0.25) is 0 Å². The van der Waals surface area contributed by atoms with E-state index < -0.39 is 5.97 Å². The smallest absolute Gasteiger partial charge is 0.371 e. The van der Waals surface area contributed by atoms with E-state index in [1.54, 1.807) is 6.07 Å². The van der Waals surface area contributed by atoms with Crippen molar-refractivity contribution in [3.63, 3.8) is 0 Å². The van der Waals surface area contributed by atoms with Crippen LogP contribution < -0.4 is 0 Å². The van der Waals surface area contributed by atoms with Gasteiger partial charge in [-0.3, -0.25) is 4.90 Å². The molecular formula is C12H19NO3. The van der Waals surface area contributed by atoms with Crippen LogP contribution in [0.15, 0.2) is 16.5 Å². The third-order valence-corrected chi connectivity index (χ3v) is 2.84. The van der Waals surface area contributed by atoms with Gasteiger partial charge in [-0.05, 0) is 32.0 Å². The minimum absolute atomic E-state index is 0.00736. The van der Waals surface area contributed by atoms with Crippen LogP contribution in [-0.2, 0) is 6.54 Å². The molecule has 0 bridgehead atoms. The summed E-state index contributed by atoms with van der Waals surface area (Å²) >= 11 is 0. The van der Waals surface area contributed by atoms with Crippen molar-refractivity contribution in [3.8, 4) is 0 Å². The average Bonchev–Trinajstić information content (AvgIpc) is 2.68. The van der Waals surface area contributed by atoms with Gasteiger partial charge in [0.25, 0.3) is 0 Å². The number of aromatic carboxylic acids is 1. The van der Waals surface area contributed by atoms with E-state index in [4.69, 9.17) is 9.52 Å². The summed E-state index contributed by atoms with van der Waals surface area (Å²) in [5.74, 6) is -0.309. The van der Waals surface area contributed by atoms with E-state index in [1.807, 2.05) is 7.05 Å². The highest BCUT2D eigenvalue weighted by atomic mass is 16.4. The Kier molecular flexibility index (Phi) is 4.55.